The molecule has 1 unspecified atom stereocenters. The van der Waals surface area contributed by atoms with Gasteiger partial charge < -0.3 is 15.2 Å². The molecule has 0 aliphatic heterocycles. The average Bonchev–Trinajstić information content (AvgIpc) is 2.82. The van der Waals surface area contributed by atoms with Gasteiger partial charge in [0.05, 0.1) is 0 Å². The van der Waals surface area contributed by atoms with Crippen LogP contribution in [0.5, 0.6) is 5.75 Å². The van der Waals surface area contributed by atoms with Crippen LogP contribution in [0.1, 0.15) is 17.2 Å². The predicted octanol–water partition coefficient (Wildman–Crippen LogP) is 2.35. The second kappa shape index (κ2) is 4.16. The molecule has 3 aromatic rings. The van der Waals surface area contributed by atoms with Gasteiger partial charge >= 0.3 is 0 Å². The van der Waals surface area contributed by atoms with Gasteiger partial charge in [-0.3, -0.25) is 0 Å². The molecule has 0 aliphatic carbocycles. The lowest BCUT2D eigenvalue weighted by atomic mass is 10.0. The highest BCUT2D eigenvalue weighted by atomic mass is 16.3. The van der Waals surface area contributed by atoms with Crippen molar-refractivity contribution in [1.82, 2.24) is 9.97 Å². The Hall–Kier alpha value is -2.33. The van der Waals surface area contributed by atoms with Crippen molar-refractivity contribution in [2.75, 3.05) is 0 Å². The lowest BCUT2D eigenvalue weighted by molar-refractivity contribution is 0.222. The molecule has 1 atom stereocenters. The van der Waals surface area contributed by atoms with E-state index in [-0.39, 0.29) is 5.75 Å². The summed E-state index contributed by atoms with van der Waals surface area (Å²) < 4.78 is 0. The smallest absolute Gasteiger partial charge is 0.137 e. The van der Waals surface area contributed by atoms with Crippen LogP contribution in [0.4, 0.5) is 0 Å². The summed E-state index contributed by atoms with van der Waals surface area (Å²) in [6.07, 6.45) is 2.73. The third-order valence-electron chi connectivity index (χ3n) is 2.99. The van der Waals surface area contributed by atoms with Gasteiger partial charge in [-0.1, -0.05) is 12.1 Å². The number of aromatic hydroxyl groups is 1. The number of fused-ring (bicyclic) bond motifs is 1. The minimum absolute atomic E-state index is 0.187. The molecule has 0 radical (unpaired) electrons. The number of nitrogens with zero attached hydrogens (tertiary/aromatic N) is 1. The zero-order chi connectivity index (χ0) is 12.5. The monoisotopic (exact) mass is 240 g/mol. The summed E-state index contributed by atoms with van der Waals surface area (Å²) in [6.45, 7) is 0. The number of nitrogens with one attached hydrogen (secondary N) is 1. The summed E-state index contributed by atoms with van der Waals surface area (Å²) in [7, 11) is 0. The Morgan fingerprint density at radius 3 is 2.67 bits per heavy atom. The molecule has 4 nitrogen and oxygen atoms in total. The molecule has 3 rings (SSSR count). The van der Waals surface area contributed by atoms with E-state index in [1.807, 2.05) is 12.1 Å². The van der Waals surface area contributed by atoms with E-state index in [4.69, 9.17) is 0 Å². The number of rotatable bonds is 2. The highest BCUT2D eigenvalue weighted by Crippen LogP contribution is 2.28. The van der Waals surface area contributed by atoms with Crippen LogP contribution < -0.4 is 0 Å². The van der Waals surface area contributed by atoms with E-state index >= 15 is 0 Å². The maximum Gasteiger partial charge on any atom is 0.137 e. The number of phenols is 1. The fourth-order valence-electron chi connectivity index (χ4n) is 2.04. The number of aromatic amines is 1. The van der Waals surface area contributed by atoms with E-state index in [1.165, 1.54) is 0 Å². The van der Waals surface area contributed by atoms with Gasteiger partial charge in [-0.25, -0.2) is 4.98 Å². The molecule has 2 aromatic heterocycles. The van der Waals surface area contributed by atoms with E-state index in [2.05, 4.69) is 9.97 Å². The summed E-state index contributed by atoms with van der Waals surface area (Å²) in [5.74, 6) is 0.187. The quantitative estimate of drug-likeness (QED) is 0.644. The Bertz CT molecular complexity index is 674. The Balaban J connectivity index is 2.06. The molecule has 0 bridgehead atoms. The van der Waals surface area contributed by atoms with Crippen molar-refractivity contribution in [1.29, 1.82) is 0 Å². The van der Waals surface area contributed by atoms with Gasteiger partial charge in [0, 0.05) is 23.3 Å². The maximum absolute atomic E-state index is 10.3. The van der Waals surface area contributed by atoms with Crippen molar-refractivity contribution >= 4 is 11.0 Å². The number of aliphatic hydroxyl groups excluding tert-OH is 1. The van der Waals surface area contributed by atoms with Crippen molar-refractivity contribution in [3.8, 4) is 5.75 Å². The highest BCUT2D eigenvalue weighted by Gasteiger charge is 2.15. The number of hydrogen-bond acceptors (Lipinski definition) is 3. The van der Waals surface area contributed by atoms with Crippen LogP contribution in [0.2, 0.25) is 0 Å². The Morgan fingerprint density at radius 1 is 1.11 bits per heavy atom. The summed E-state index contributed by atoms with van der Waals surface area (Å²) in [5.41, 5.74) is 2.27. The Labute approximate surface area is 104 Å². The molecule has 0 spiro atoms. The van der Waals surface area contributed by atoms with Gasteiger partial charge in [0.2, 0.25) is 0 Å². The molecule has 1 aromatic carbocycles. The van der Waals surface area contributed by atoms with E-state index < -0.39 is 6.10 Å². The van der Waals surface area contributed by atoms with Crippen LogP contribution in [0.25, 0.3) is 11.0 Å². The van der Waals surface area contributed by atoms with Crippen LogP contribution >= 0.6 is 0 Å². The molecular weight excluding hydrogens is 228 g/mol. The molecule has 3 N–H and O–H groups in total. The van der Waals surface area contributed by atoms with Gasteiger partial charge in [0.1, 0.15) is 17.5 Å². The van der Waals surface area contributed by atoms with Crippen molar-refractivity contribution in [3.05, 3.63) is 59.9 Å². The highest BCUT2D eigenvalue weighted by molar-refractivity contribution is 5.80. The van der Waals surface area contributed by atoms with E-state index in [9.17, 15) is 10.2 Å². The van der Waals surface area contributed by atoms with E-state index in [0.29, 0.717) is 0 Å². The number of H-pyrrole nitrogens is 1. The van der Waals surface area contributed by atoms with Gasteiger partial charge in [-0.05, 0) is 29.8 Å². The van der Waals surface area contributed by atoms with Gasteiger partial charge in [0.25, 0.3) is 0 Å². The van der Waals surface area contributed by atoms with Gasteiger partial charge in [-0.2, -0.15) is 0 Å². The molecule has 0 fully saturated rings. The minimum Gasteiger partial charge on any atom is -0.508 e. The van der Waals surface area contributed by atoms with Gasteiger partial charge in [-0.15, -0.1) is 0 Å². The molecular formula is C14H12N2O2. The SMILES string of the molecule is Oc1ccc(C(O)c2c[nH]c3ncccc23)cc1. The summed E-state index contributed by atoms with van der Waals surface area (Å²) >= 11 is 0. The summed E-state index contributed by atoms with van der Waals surface area (Å²) in [6, 6.07) is 10.3. The topological polar surface area (TPSA) is 69.1 Å². The predicted molar refractivity (Wildman–Crippen MR) is 68.3 cm³/mol. The molecule has 0 aliphatic rings. The Morgan fingerprint density at radius 2 is 1.89 bits per heavy atom. The minimum atomic E-state index is -0.733. The van der Waals surface area contributed by atoms with Crippen LogP contribution in [0.3, 0.4) is 0 Å². The van der Waals surface area contributed by atoms with E-state index in [1.54, 1.807) is 36.7 Å². The molecule has 18 heavy (non-hydrogen) atoms. The first kappa shape index (κ1) is 10.8. The number of phenolic OH excluding ortho intramolecular Hbond substituents is 1. The van der Waals surface area contributed by atoms with Crippen molar-refractivity contribution in [2.45, 2.75) is 6.10 Å². The lowest BCUT2D eigenvalue weighted by Crippen LogP contribution is -1.98. The Kier molecular flexibility index (Phi) is 2.50. The lowest BCUT2D eigenvalue weighted by Gasteiger charge is -2.10. The zero-order valence-electron chi connectivity index (χ0n) is 9.54. The fraction of sp³-hybridized carbons (Fsp3) is 0.0714. The normalized spacial score (nSPS) is 12.7. The molecule has 2 heterocycles. The molecule has 4 heteroatoms. The molecule has 0 saturated carbocycles. The average molecular weight is 240 g/mol. The number of aromatic nitrogens is 2. The number of hydrogen-bond donors (Lipinski definition) is 3. The summed E-state index contributed by atoms with van der Waals surface area (Å²) in [4.78, 5) is 7.22. The number of pyridine rings is 1. The second-order valence-corrected chi connectivity index (χ2v) is 4.14. The summed E-state index contributed by atoms with van der Waals surface area (Å²) in [5, 5.41) is 20.5. The first-order chi connectivity index (χ1) is 8.75. The van der Waals surface area contributed by atoms with E-state index in [0.717, 1.165) is 22.2 Å². The standard InChI is InChI=1S/C14H12N2O2/c17-10-5-3-9(4-6-10)13(18)12-8-16-14-11(12)2-1-7-15-14/h1-8,13,17-18H,(H,15,16). The van der Waals surface area contributed by atoms with Crippen molar-refractivity contribution in [2.24, 2.45) is 0 Å². The van der Waals surface area contributed by atoms with Crippen molar-refractivity contribution in [3.63, 3.8) is 0 Å². The second-order valence-electron chi connectivity index (χ2n) is 4.14. The third kappa shape index (κ3) is 1.72. The molecule has 90 valence electrons. The number of benzene rings is 1. The number of aliphatic hydroxyl groups is 1. The van der Waals surface area contributed by atoms with Crippen LogP contribution in [0.15, 0.2) is 48.8 Å². The maximum atomic E-state index is 10.3. The zero-order valence-corrected chi connectivity index (χ0v) is 9.54. The fourth-order valence-corrected chi connectivity index (χ4v) is 2.04. The molecule has 0 saturated heterocycles. The van der Waals surface area contributed by atoms with Crippen LogP contribution in [-0.2, 0) is 0 Å². The third-order valence-corrected chi connectivity index (χ3v) is 2.99. The largest absolute Gasteiger partial charge is 0.508 e. The molecule has 0 amide bonds. The first-order valence-corrected chi connectivity index (χ1v) is 5.65. The first-order valence-electron chi connectivity index (χ1n) is 5.65. The van der Waals surface area contributed by atoms with Crippen LogP contribution in [-0.4, -0.2) is 20.2 Å². The van der Waals surface area contributed by atoms with Crippen LogP contribution in [0, 0.1) is 0 Å². The van der Waals surface area contributed by atoms with Gasteiger partial charge in [0.15, 0.2) is 0 Å². The van der Waals surface area contributed by atoms with Crippen molar-refractivity contribution < 1.29 is 10.2 Å².